The van der Waals surface area contributed by atoms with E-state index in [-0.39, 0.29) is 11.7 Å². The zero-order valence-electron chi connectivity index (χ0n) is 15.2. The summed E-state index contributed by atoms with van der Waals surface area (Å²) in [5, 5.41) is 0. The predicted molar refractivity (Wildman–Crippen MR) is 98.0 cm³/mol. The maximum absolute atomic E-state index is 13.1. The fourth-order valence-electron chi connectivity index (χ4n) is 3.37. The number of rotatable bonds is 0. The number of hydrogen-bond donors (Lipinski definition) is 0. The lowest BCUT2D eigenvalue weighted by Crippen LogP contribution is -2.50. The molecular weight excluding hydrogens is 371 g/mol. The molecule has 0 atom stereocenters. The molecule has 28 heavy (non-hydrogen) atoms. The normalized spacial score (nSPS) is 16.5. The van der Waals surface area contributed by atoms with Crippen molar-refractivity contribution in [3.05, 3.63) is 53.6 Å². The minimum Gasteiger partial charge on any atom is -0.454 e. The first-order chi connectivity index (χ1) is 13.3. The summed E-state index contributed by atoms with van der Waals surface area (Å²) in [5.41, 5.74) is 0.272. The summed E-state index contributed by atoms with van der Waals surface area (Å²) in [6.07, 6.45) is -4.46. The van der Waals surface area contributed by atoms with E-state index in [1.165, 1.54) is 13.0 Å². The molecule has 1 fully saturated rings. The highest BCUT2D eigenvalue weighted by Crippen LogP contribution is 2.41. The first-order valence-corrected chi connectivity index (χ1v) is 8.90. The molecule has 8 heteroatoms. The lowest BCUT2D eigenvalue weighted by atomic mass is 10.1. The zero-order chi connectivity index (χ0) is 19.9. The van der Waals surface area contributed by atoms with E-state index in [9.17, 15) is 18.0 Å². The van der Waals surface area contributed by atoms with E-state index >= 15 is 0 Å². The monoisotopic (exact) mass is 389 g/mol. The van der Waals surface area contributed by atoms with Crippen molar-refractivity contribution in [2.75, 3.05) is 26.2 Å². The molecule has 0 N–H and O–H groups in total. The first-order valence-electron chi connectivity index (χ1n) is 8.90. The number of para-hydroxylation sites is 1. The van der Waals surface area contributed by atoms with Crippen LogP contribution in [-0.4, -0.2) is 47.7 Å². The molecule has 2 aliphatic heterocycles. The van der Waals surface area contributed by atoms with Gasteiger partial charge >= 0.3 is 6.18 Å². The number of alkyl halides is 3. The van der Waals surface area contributed by atoms with Crippen LogP contribution in [0, 0.1) is 0 Å². The van der Waals surface area contributed by atoms with Crippen LogP contribution < -0.4 is 4.74 Å². The molecule has 2 aromatic carbocycles. The molecule has 0 bridgehead atoms. The maximum atomic E-state index is 13.1. The Bertz CT molecular complexity index is 948. The van der Waals surface area contributed by atoms with Gasteiger partial charge in [-0.3, -0.25) is 4.79 Å². The molecule has 4 rings (SSSR count). The number of aliphatic imine (C=N–C) groups is 1. The molecule has 0 spiro atoms. The van der Waals surface area contributed by atoms with Crippen molar-refractivity contribution in [2.45, 2.75) is 13.1 Å². The van der Waals surface area contributed by atoms with Crippen molar-refractivity contribution in [3.63, 3.8) is 0 Å². The average Bonchev–Trinajstić information content (AvgIpc) is 2.83. The van der Waals surface area contributed by atoms with E-state index in [4.69, 9.17) is 4.74 Å². The van der Waals surface area contributed by atoms with Crippen molar-refractivity contribution in [1.82, 2.24) is 9.80 Å². The minimum atomic E-state index is -4.46. The minimum absolute atomic E-state index is 0.0243. The third-order valence-electron chi connectivity index (χ3n) is 4.89. The highest BCUT2D eigenvalue weighted by atomic mass is 19.4. The van der Waals surface area contributed by atoms with E-state index in [1.807, 2.05) is 17.0 Å². The number of amides is 1. The number of hydrogen-bond acceptors (Lipinski definition) is 4. The number of halogens is 3. The second-order valence-electron chi connectivity index (χ2n) is 6.71. The van der Waals surface area contributed by atoms with Crippen LogP contribution in [-0.2, 0) is 11.0 Å². The number of nitrogens with zero attached hydrogens (tertiary/aromatic N) is 3. The van der Waals surface area contributed by atoms with Crippen molar-refractivity contribution < 1.29 is 22.7 Å². The second-order valence-corrected chi connectivity index (χ2v) is 6.71. The van der Waals surface area contributed by atoms with Gasteiger partial charge in [-0.15, -0.1) is 0 Å². The van der Waals surface area contributed by atoms with Crippen LogP contribution in [0.3, 0.4) is 0 Å². The van der Waals surface area contributed by atoms with Crippen LogP contribution in [0.25, 0.3) is 0 Å². The molecule has 2 aromatic rings. The van der Waals surface area contributed by atoms with Gasteiger partial charge in [-0.05, 0) is 30.3 Å². The largest absolute Gasteiger partial charge is 0.454 e. The van der Waals surface area contributed by atoms with E-state index in [2.05, 4.69) is 4.99 Å². The topological polar surface area (TPSA) is 45.1 Å². The third kappa shape index (κ3) is 3.42. The number of carbonyl (C=O) groups is 1. The lowest BCUT2D eigenvalue weighted by Gasteiger charge is -2.36. The lowest BCUT2D eigenvalue weighted by molar-refractivity contribution is -0.137. The molecule has 0 aliphatic carbocycles. The summed E-state index contributed by atoms with van der Waals surface area (Å²) < 4.78 is 45.1. The van der Waals surface area contributed by atoms with Gasteiger partial charge in [-0.2, -0.15) is 13.2 Å². The number of amidine groups is 1. The van der Waals surface area contributed by atoms with Crippen LogP contribution in [0.4, 0.5) is 18.9 Å². The zero-order valence-corrected chi connectivity index (χ0v) is 15.2. The Labute approximate surface area is 160 Å². The van der Waals surface area contributed by atoms with Gasteiger partial charge < -0.3 is 14.5 Å². The van der Waals surface area contributed by atoms with Crippen LogP contribution in [0.2, 0.25) is 0 Å². The standard InChI is InChI=1S/C20H18F3N3O2/c1-13(27)25-8-10-26(11-9-25)19-15-4-2-3-5-17(15)28-18-12-14(20(21,22)23)6-7-16(18)24-19/h2-7,12H,8-11H2,1H3. The molecule has 146 valence electrons. The van der Waals surface area contributed by atoms with Crippen molar-refractivity contribution in [2.24, 2.45) is 4.99 Å². The van der Waals surface area contributed by atoms with Gasteiger partial charge in [-0.1, -0.05) is 12.1 Å². The van der Waals surface area contributed by atoms with E-state index in [0.717, 1.165) is 12.1 Å². The Morgan fingerprint density at radius 2 is 1.75 bits per heavy atom. The summed E-state index contributed by atoms with van der Waals surface area (Å²) in [4.78, 5) is 20.0. The Balaban J connectivity index is 1.75. The third-order valence-corrected chi connectivity index (χ3v) is 4.89. The van der Waals surface area contributed by atoms with Gasteiger partial charge in [0.2, 0.25) is 5.91 Å². The maximum Gasteiger partial charge on any atom is 0.416 e. The van der Waals surface area contributed by atoms with Gasteiger partial charge in [0, 0.05) is 33.1 Å². The van der Waals surface area contributed by atoms with Crippen molar-refractivity contribution >= 4 is 17.4 Å². The molecule has 2 aliphatic rings. The van der Waals surface area contributed by atoms with E-state index < -0.39 is 11.7 Å². The quantitative estimate of drug-likeness (QED) is 0.683. The Morgan fingerprint density at radius 1 is 1.04 bits per heavy atom. The molecular formula is C20H18F3N3O2. The van der Waals surface area contributed by atoms with Crippen molar-refractivity contribution in [3.8, 4) is 11.5 Å². The fraction of sp³-hybridized carbons (Fsp3) is 0.300. The highest BCUT2D eigenvalue weighted by molar-refractivity contribution is 6.03. The van der Waals surface area contributed by atoms with E-state index in [1.54, 1.807) is 17.0 Å². The van der Waals surface area contributed by atoms with Gasteiger partial charge in [-0.25, -0.2) is 4.99 Å². The number of piperazine rings is 1. The van der Waals surface area contributed by atoms with Gasteiger partial charge in [0.15, 0.2) is 5.75 Å². The summed E-state index contributed by atoms with van der Waals surface area (Å²) in [5.74, 6) is 1.18. The fourth-order valence-corrected chi connectivity index (χ4v) is 3.37. The smallest absolute Gasteiger partial charge is 0.416 e. The second kappa shape index (κ2) is 6.85. The van der Waals surface area contributed by atoms with Crippen LogP contribution in [0.1, 0.15) is 18.1 Å². The van der Waals surface area contributed by atoms with Crippen LogP contribution in [0.5, 0.6) is 11.5 Å². The summed E-state index contributed by atoms with van der Waals surface area (Å²) in [7, 11) is 0. The summed E-state index contributed by atoms with van der Waals surface area (Å²) >= 11 is 0. The van der Waals surface area contributed by atoms with Gasteiger partial charge in [0.25, 0.3) is 0 Å². The highest BCUT2D eigenvalue weighted by Gasteiger charge is 2.32. The Hall–Kier alpha value is -3.03. The molecule has 0 unspecified atom stereocenters. The number of fused-ring (bicyclic) bond motifs is 2. The number of carbonyl (C=O) groups excluding carboxylic acids is 1. The van der Waals surface area contributed by atoms with Gasteiger partial charge in [0.1, 0.15) is 17.3 Å². The molecule has 5 nitrogen and oxygen atoms in total. The molecule has 1 saturated heterocycles. The average molecular weight is 389 g/mol. The molecule has 2 heterocycles. The number of ether oxygens (including phenoxy) is 1. The molecule has 0 aromatic heterocycles. The Morgan fingerprint density at radius 3 is 2.43 bits per heavy atom. The van der Waals surface area contributed by atoms with Crippen LogP contribution >= 0.6 is 0 Å². The summed E-state index contributed by atoms with van der Waals surface area (Å²) in [6.45, 7) is 3.84. The van der Waals surface area contributed by atoms with E-state index in [0.29, 0.717) is 49.0 Å². The Kier molecular flexibility index (Phi) is 4.49. The molecule has 0 saturated carbocycles. The first kappa shape index (κ1) is 18.3. The summed E-state index contributed by atoms with van der Waals surface area (Å²) in [6, 6.07) is 10.5. The van der Waals surface area contributed by atoms with Crippen molar-refractivity contribution in [1.29, 1.82) is 0 Å². The van der Waals surface area contributed by atoms with Gasteiger partial charge in [0.05, 0.1) is 11.1 Å². The molecule has 0 radical (unpaired) electrons. The SMILES string of the molecule is CC(=O)N1CCN(C2=Nc3ccc(C(F)(F)F)cc3Oc3ccccc32)CC1. The number of benzene rings is 2. The van der Waals surface area contributed by atoms with Crippen LogP contribution in [0.15, 0.2) is 47.5 Å². The predicted octanol–water partition coefficient (Wildman–Crippen LogP) is 4.05. The molecule has 1 amide bonds.